The standard InChI is InChI=1S/C29H34N10O6/c1-18(40)44-28-24(35-38-32)14-23(34-37-31)25(26(28)41)27-22(33-36-30)13-12-21(45-27)16-39(15-19-8-4-2-5-9-19)29(42)43-17-20-10-6-3-7-11-20/h2-11,21-28,41H,12-17H2,1H3/t21-,22?,23?,24?,25+,26-,27?,28-/m0/s1. The average molecular weight is 619 g/mol. The van der Waals surface area contributed by atoms with Crippen molar-refractivity contribution in [2.24, 2.45) is 21.3 Å². The molecule has 1 aliphatic heterocycles. The van der Waals surface area contributed by atoms with E-state index in [0.717, 1.165) is 18.1 Å². The van der Waals surface area contributed by atoms with Crippen molar-refractivity contribution in [3.05, 3.63) is 103 Å². The lowest BCUT2D eigenvalue weighted by atomic mass is 9.72. The molecule has 2 aromatic carbocycles. The van der Waals surface area contributed by atoms with Crippen molar-refractivity contribution < 1.29 is 28.9 Å². The highest BCUT2D eigenvalue weighted by molar-refractivity contribution is 5.68. The van der Waals surface area contributed by atoms with Crippen LogP contribution < -0.4 is 0 Å². The first-order valence-corrected chi connectivity index (χ1v) is 14.5. The molecule has 2 aliphatic rings. The average Bonchev–Trinajstić information content (AvgIpc) is 3.03. The van der Waals surface area contributed by atoms with Gasteiger partial charge in [0.05, 0.1) is 36.9 Å². The van der Waals surface area contributed by atoms with E-state index < -0.39 is 60.5 Å². The maximum Gasteiger partial charge on any atom is 0.410 e. The summed E-state index contributed by atoms with van der Waals surface area (Å²) in [7, 11) is 0. The van der Waals surface area contributed by atoms with Gasteiger partial charge in [-0.15, -0.1) is 0 Å². The Hall–Kier alpha value is -4.97. The first-order valence-electron chi connectivity index (χ1n) is 14.5. The Morgan fingerprint density at radius 1 is 0.911 bits per heavy atom. The van der Waals surface area contributed by atoms with Gasteiger partial charge >= 0.3 is 12.1 Å². The van der Waals surface area contributed by atoms with Crippen LogP contribution in [0.3, 0.4) is 0 Å². The van der Waals surface area contributed by atoms with Crippen LogP contribution in [0.1, 0.15) is 37.3 Å². The Labute approximate surface area is 258 Å². The molecule has 1 aliphatic carbocycles. The summed E-state index contributed by atoms with van der Waals surface area (Å²) in [5.41, 5.74) is 29.4. The van der Waals surface area contributed by atoms with Crippen LogP contribution in [0.2, 0.25) is 0 Å². The molecule has 1 saturated carbocycles. The van der Waals surface area contributed by atoms with Crippen molar-refractivity contribution in [3.8, 4) is 0 Å². The predicted octanol–water partition coefficient (Wildman–Crippen LogP) is 5.72. The SMILES string of the molecule is CC(=O)O[C@H]1C(N=[N+]=[N-])CC(N=[N+]=[N-])[C@@H](C2O[C@H](CN(Cc3ccccc3)C(=O)OCc3ccccc3)CCC2N=[N+]=[N-])[C@@H]1O. The van der Waals surface area contributed by atoms with E-state index in [2.05, 4.69) is 30.1 Å². The maximum atomic E-state index is 13.4. The van der Waals surface area contributed by atoms with Crippen LogP contribution in [-0.2, 0) is 32.2 Å². The number of esters is 1. The van der Waals surface area contributed by atoms with E-state index in [1.165, 1.54) is 4.90 Å². The van der Waals surface area contributed by atoms with Crippen LogP contribution in [0.5, 0.6) is 0 Å². The Kier molecular flexibility index (Phi) is 11.9. The van der Waals surface area contributed by atoms with Gasteiger partial charge in [-0.1, -0.05) is 76.0 Å². The quantitative estimate of drug-likeness (QED) is 0.143. The summed E-state index contributed by atoms with van der Waals surface area (Å²) < 4.78 is 17.5. The Balaban J connectivity index is 1.60. The smallest absolute Gasteiger partial charge is 0.410 e. The van der Waals surface area contributed by atoms with Crippen LogP contribution in [0.15, 0.2) is 76.0 Å². The molecular formula is C29H34N10O6. The molecule has 45 heavy (non-hydrogen) atoms. The van der Waals surface area contributed by atoms with E-state index in [1.54, 1.807) is 0 Å². The van der Waals surface area contributed by atoms with E-state index in [1.807, 2.05) is 60.7 Å². The van der Waals surface area contributed by atoms with Gasteiger partial charge in [0.25, 0.3) is 0 Å². The van der Waals surface area contributed by atoms with E-state index in [-0.39, 0.29) is 26.1 Å². The molecule has 8 atom stereocenters. The third-order valence-electron chi connectivity index (χ3n) is 7.94. The van der Waals surface area contributed by atoms with E-state index in [9.17, 15) is 25.8 Å². The van der Waals surface area contributed by atoms with Gasteiger partial charge in [-0.3, -0.25) is 4.79 Å². The van der Waals surface area contributed by atoms with E-state index >= 15 is 0 Å². The van der Waals surface area contributed by atoms with Gasteiger partial charge in [0, 0.05) is 40.2 Å². The minimum atomic E-state index is -1.50. The first-order chi connectivity index (χ1) is 21.8. The number of carbonyl (C=O) groups excluding carboxylic acids is 2. The number of aliphatic hydroxyl groups excluding tert-OH is 1. The molecule has 16 heteroatoms. The summed E-state index contributed by atoms with van der Waals surface area (Å²) in [6.45, 7) is 1.56. The number of aliphatic hydroxyl groups is 1. The summed E-state index contributed by atoms with van der Waals surface area (Å²) in [5, 5.41) is 22.9. The fraction of sp³-hybridized carbons (Fsp3) is 0.517. The molecule has 2 aromatic rings. The van der Waals surface area contributed by atoms with Crippen molar-refractivity contribution in [1.29, 1.82) is 0 Å². The summed E-state index contributed by atoms with van der Waals surface area (Å²) in [4.78, 5) is 35.5. The van der Waals surface area contributed by atoms with Gasteiger partial charge in [-0.25, -0.2) is 4.79 Å². The van der Waals surface area contributed by atoms with Gasteiger partial charge in [0.15, 0.2) is 0 Å². The lowest BCUT2D eigenvalue weighted by Gasteiger charge is -2.48. The summed E-state index contributed by atoms with van der Waals surface area (Å²) in [5.74, 6) is -1.71. The molecule has 0 radical (unpaired) electrons. The number of nitrogens with zero attached hydrogens (tertiary/aromatic N) is 10. The van der Waals surface area contributed by atoms with Crippen molar-refractivity contribution >= 4 is 12.1 Å². The number of ether oxygens (including phenoxy) is 3. The second-order valence-electron chi connectivity index (χ2n) is 10.9. The molecule has 4 rings (SSSR count). The third kappa shape index (κ3) is 8.79. The summed E-state index contributed by atoms with van der Waals surface area (Å²) in [6, 6.07) is 15.9. The molecule has 236 valence electrons. The van der Waals surface area contributed by atoms with Crippen LogP contribution in [0.4, 0.5) is 4.79 Å². The lowest BCUT2D eigenvalue weighted by Crippen LogP contribution is -2.60. The topological polar surface area (TPSA) is 232 Å². The molecule has 0 spiro atoms. The number of azide groups is 3. The fourth-order valence-corrected chi connectivity index (χ4v) is 5.97. The largest absolute Gasteiger partial charge is 0.459 e. The number of hydrogen-bond acceptors (Lipinski definition) is 9. The van der Waals surface area contributed by atoms with Crippen LogP contribution >= 0.6 is 0 Å². The number of rotatable bonds is 11. The zero-order valence-electron chi connectivity index (χ0n) is 24.6. The third-order valence-corrected chi connectivity index (χ3v) is 7.94. The van der Waals surface area contributed by atoms with Gasteiger partial charge in [0.1, 0.15) is 12.7 Å². The molecule has 2 fully saturated rings. The van der Waals surface area contributed by atoms with Crippen molar-refractivity contribution in [1.82, 2.24) is 4.90 Å². The van der Waals surface area contributed by atoms with Crippen LogP contribution in [-0.4, -0.2) is 71.2 Å². The van der Waals surface area contributed by atoms with Gasteiger partial charge < -0.3 is 24.2 Å². The zero-order chi connectivity index (χ0) is 32.2. The number of benzene rings is 2. The fourth-order valence-electron chi connectivity index (χ4n) is 5.97. The van der Waals surface area contributed by atoms with Gasteiger partial charge in [-0.2, -0.15) is 0 Å². The lowest BCUT2D eigenvalue weighted by molar-refractivity contribution is -0.178. The maximum absolute atomic E-state index is 13.4. The second kappa shape index (κ2) is 16.2. The Morgan fingerprint density at radius 3 is 2.13 bits per heavy atom. The molecule has 1 amide bonds. The molecule has 0 aromatic heterocycles. The predicted molar refractivity (Wildman–Crippen MR) is 160 cm³/mol. The molecule has 4 unspecified atom stereocenters. The summed E-state index contributed by atoms with van der Waals surface area (Å²) in [6.07, 6.45) is -4.20. The Bertz CT molecular complexity index is 1450. The summed E-state index contributed by atoms with van der Waals surface area (Å²) >= 11 is 0. The highest BCUT2D eigenvalue weighted by Gasteiger charge is 2.52. The number of carbonyl (C=O) groups is 2. The molecule has 1 saturated heterocycles. The van der Waals surface area contributed by atoms with Gasteiger partial charge in [-0.05, 0) is 47.0 Å². The highest BCUT2D eigenvalue weighted by Crippen LogP contribution is 2.40. The van der Waals surface area contributed by atoms with E-state index in [0.29, 0.717) is 12.8 Å². The number of hydrogen-bond donors (Lipinski definition) is 1. The molecule has 1 heterocycles. The Morgan fingerprint density at radius 2 is 1.51 bits per heavy atom. The van der Waals surface area contributed by atoms with Crippen LogP contribution in [0, 0.1) is 5.92 Å². The van der Waals surface area contributed by atoms with Crippen molar-refractivity contribution in [2.75, 3.05) is 6.54 Å². The normalized spacial score (nSPS) is 27.4. The van der Waals surface area contributed by atoms with E-state index in [4.69, 9.17) is 19.7 Å². The molecule has 16 nitrogen and oxygen atoms in total. The van der Waals surface area contributed by atoms with Crippen LogP contribution in [0.25, 0.3) is 31.3 Å². The highest BCUT2D eigenvalue weighted by atomic mass is 16.6. The molecule has 0 bridgehead atoms. The first kappa shape index (κ1) is 32.9. The molecule has 1 N–H and O–H groups in total. The minimum Gasteiger partial charge on any atom is -0.459 e. The monoisotopic (exact) mass is 618 g/mol. The molecular weight excluding hydrogens is 584 g/mol. The minimum absolute atomic E-state index is 0.0484. The number of amides is 1. The zero-order valence-corrected chi connectivity index (χ0v) is 24.6. The van der Waals surface area contributed by atoms with Crippen molar-refractivity contribution in [3.63, 3.8) is 0 Å². The van der Waals surface area contributed by atoms with Crippen molar-refractivity contribution in [2.45, 2.75) is 81.9 Å². The second-order valence-corrected chi connectivity index (χ2v) is 10.9. The van der Waals surface area contributed by atoms with Gasteiger partial charge in [0.2, 0.25) is 0 Å².